The van der Waals surface area contributed by atoms with Crippen molar-refractivity contribution in [2.24, 2.45) is 0 Å². The molecule has 2 heterocycles. The Morgan fingerprint density at radius 2 is 2.17 bits per heavy atom. The number of aliphatic hydroxyl groups is 1. The van der Waals surface area contributed by atoms with Crippen LogP contribution in [0.25, 0.3) is 0 Å². The van der Waals surface area contributed by atoms with Gasteiger partial charge in [-0.1, -0.05) is 30.4 Å². The Morgan fingerprint density at radius 3 is 2.88 bits per heavy atom. The molecule has 1 aliphatic rings. The zero-order valence-electron chi connectivity index (χ0n) is 13.7. The smallest absolute Gasteiger partial charge is 0.286 e. The number of likely N-dealkylation sites (tertiary alicyclic amines) is 1. The fraction of sp³-hybridized carbons (Fsp3) is 0.471. The summed E-state index contributed by atoms with van der Waals surface area (Å²) in [5, 5.41) is 21.8. The summed E-state index contributed by atoms with van der Waals surface area (Å²) in [7, 11) is 0. The average molecular weight is 346 g/mol. The first-order valence-electron chi connectivity index (χ1n) is 8.27. The maximum Gasteiger partial charge on any atom is 0.286 e. The number of carbonyl (C=O) groups excluding carboxylic acids is 1. The highest BCUT2D eigenvalue weighted by atomic mass is 32.1. The Bertz CT molecular complexity index is 686. The Hall–Kier alpha value is -1.83. The van der Waals surface area contributed by atoms with Crippen LogP contribution in [0.5, 0.6) is 0 Å². The molecule has 7 heteroatoms. The first kappa shape index (κ1) is 17.0. The van der Waals surface area contributed by atoms with Gasteiger partial charge in [0, 0.05) is 12.2 Å². The van der Waals surface area contributed by atoms with E-state index in [1.165, 1.54) is 16.9 Å². The molecule has 6 nitrogen and oxygen atoms in total. The van der Waals surface area contributed by atoms with Gasteiger partial charge in [0.2, 0.25) is 5.01 Å². The van der Waals surface area contributed by atoms with Gasteiger partial charge in [-0.25, -0.2) is 0 Å². The van der Waals surface area contributed by atoms with Gasteiger partial charge in [0.25, 0.3) is 5.91 Å². The molecule has 0 radical (unpaired) electrons. The molecular formula is C17H22N4O2S. The van der Waals surface area contributed by atoms with Crippen molar-refractivity contribution >= 4 is 22.9 Å². The molecular weight excluding hydrogens is 324 g/mol. The van der Waals surface area contributed by atoms with Gasteiger partial charge in [-0.2, -0.15) is 0 Å². The minimum absolute atomic E-state index is 0.235. The van der Waals surface area contributed by atoms with Gasteiger partial charge in [0.15, 0.2) is 0 Å². The number of rotatable bonds is 5. The summed E-state index contributed by atoms with van der Waals surface area (Å²) in [5.74, 6) is -0.235. The summed E-state index contributed by atoms with van der Waals surface area (Å²) in [6.07, 6.45) is 2.55. The maximum absolute atomic E-state index is 12.3. The normalized spacial score (nSPS) is 18.5. The van der Waals surface area contributed by atoms with Crippen molar-refractivity contribution < 1.29 is 9.90 Å². The average Bonchev–Trinajstić information content (AvgIpc) is 3.04. The first-order valence-corrected chi connectivity index (χ1v) is 9.09. The number of anilines is 1. The molecule has 1 unspecified atom stereocenters. The topological polar surface area (TPSA) is 78.4 Å². The molecule has 2 N–H and O–H groups in total. The van der Waals surface area contributed by atoms with Crippen molar-refractivity contribution in [3.63, 3.8) is 0 Å². The molecule has 0 bridgehead atoms. The van der Waals surface area contributed by atoms with Crippen LogP contribution in [0.3, 0.4) is 0 Å². The summed E-state index contributed by atoms with van der Waals surface area (Å²) in [6, 6.07) is 7.80. The monoisotopic (exact) mass is 346 g/mol. The van der Waals surface area contributed by atoms with Crippen LogP contribution in [0.15, 0.2) is 24.3 Å². The number of hydrogen-bond donors (Lipinski definition) is 2. The van der Waals surface area contributed by atoms with E-state index in [-0.39, 0.29) is 12.0 Å². The van der Waals surface area contributed by atoms with Gasteiger partial charge < -0.3 is 10.4 Å². The number of carbonyl (C=O) groups is 1. The number of amides is 1. The van der Waals surface area contributed by atoms with Gasteiger partial charge in [-0.15, -0.1) is 10.2 Å². The Balaban J connectivity index is 1.58. The Morgan fingerprint density at radius 1 is 1.38 bits per heavy atom. The van der Waals surface area contributed by atoms with Crippen molar-refractivity contribution in [2.45, 2.75) is 38.8 Å². The number of aliphatic hydroxyl groups excluding tert-OH is 1. The zero-order chi connectivity index (χ0) is 16.9. The summed E-state index contributed by atoms with van der Waals surface area (Å²) >= 11 is 1.31. The fourth-order valence-electron chi connectivity index (χ4n) is 2.78. The van der Waals surface area contributed by atoms with Crippen molar-refractivity contribution in [3.8, 4) is 0 Å². The lowest BCUT2D eigenvalue weighted by Crippen LogP contribution is -2.37. The van der Waals surface area contributed by atoms with Gasteiger partial charge in [0.1, 0.15) is 5.01 Å². The van der Waals surface area contributed by atoms with Gasteiger partial charge >= 0.3 is 0 Å². The van der Waals surface area contributed by atoms with Crippen molar-refractivity contribution in [1.82, 2.24) is 15.1 Å². The van der Waals surface area contributed by atoms with Gasteiger partial charge in [-0.3, -0.25) is 9.69 Å². The van der Waals surface area contributed by atoms with Crippen LogP contribution in [0.2, 0.25) is 0 Å². The number of nitrogens with zero attached hydrogens (tertiary/aromatic N) is 3. The highest BCUT2D eigenvalue weighted by Gasteiger charge is 2.20. The third-order valence-electron chi connectivity index (χ3n) is 4.12. The zero-order valence-corrected chi connectivity index (χ0v) is 14.6. The number of piperidine rings is 1. The molecule has 1 aromatic heterocycles. The van der Waals surface area contributed by atoms with E-state index in [1.807, 2.05) is 24.3 Å². The van der Waals surface area contributed by atoms with Crippen LogP contribution in [-0.4, -0.2) is 45.3 Å². The Kier molecular flexibility index (Phi) is 5.55. The van der Waals surface area contributed by atoms with E-state index in [1.54, 1.807) is 0 Å². The summed E-state index contributed by atoms with van der Waals surface area (Å²) in [5.41, 5.74) is 1.99. The SMILES string of the molecule is CCc1ccc(NC(=O)c2nnc(CN3CCCC(O)C3)s2)cc1. The maximum atomic E-state index is 12.3. The lowest BCUT2D eigenvalue weighted by Gasteiger charge is -2.28. The highest BCUT2D eigenvalue weighted by Crippen LogP contribution is 2.18. The largest absolute Gasteiger partial charge is 0.392 e. The van der Waals surface area contributed by atoms with E-state index in [4.69, 9.17) is 0 Å². The van der Waals surface area contributed by atoms with Crippen molar-refractivity contribution in [3.05, 3.63) is 39.8 Å². The van der Waals surface area contributed by atoms with Crippen LogP contribution in [-0.2, 0) is 13.0 Å². The summed E-state index contributed by atoms with van der Waals surface area (Å²) < 4.78 is 0. The number of β-amino-alcohol motifs (C(OH)–C–C–N with tert-alkyl or cyclic N) is 1. The third-order valence-corrected chi connectivity index (χ3v) is 5.03. The van der Waals surface area contributed by atoms with Gasteiger partial charge in [0.05, 0.1) is 12.6 Å². The lowest BCUT2D eigenvalue weighted by molar-refractivity contribution is 0.0667. The molecule has 2 aromatic rings. The number of aryl methyl sites for hydroxylation is 1. The summed E-state index contributed by atoms with van der Waals surface area (Å²) in [4.78, 5) is 14.4. The highest BCUT2D eigenvalue weighted by molar-refractivity contribution is 7.13. The standard InChI is InChI=1S/C17H22N4O2S/c1-2-12-5-7-13(8-6-12)18-16(23)17-20-19-15(24-17)11-21-9-3-4-14(22)10-21/h5-8,14,22H,2-4,9-11H2,1H3,(H,18,23). The molecule has 3 rings (SSSR count). The molecule has 128 valence electrons. The van der Waals surface area contributed by atoms with Crippen LogP contribution in [0.1, 0.15) is 40.1 Å². The van der Waals surface area contributed by atoms with Crippen LogP contribution < -0.4 is 5.32 Å². The number of aromatic nitrogens is 2. The second-order valence-corrected chi connectivity index (χ2v) is 7.10. The minimum Gasteiger partial charge on any atom is -0.392 e. The Labute approximate surface area is 145 Å². The predicted molar refractivity (Wildman–Crippen MR) is 94.2 cm³/mol. The molecule has 0 aliphatic carbocycles. The predicted octanol–water partition coefficient (Wildman–Crippen LogP) is 2.31. The molecule has 0 saturated carbocycles. The molecule has 1 aliphatic heterocycles. The fourth-order valence-corrected chi connectivity index (χ4v) is 3.56. The second-order valence-electron chi connectivity index (χ2n) is 6.04. The second kappa shape index (κ2) is 7.83. The lowest BCUT2D eigenvalue weighted by atomic mass is 10.1. The van der Waals surface area contributed by atoms with E-state index in [2.05, 4.69) is 27.3 Å². The van der Waals surface area contributed by atoms with Crippen molar-refractivity contribution in [2.75, 3.05) is 18.4 Å². The summed E-state index contributed by atoms with van der Waals surface area (Å²) in [6.45, 7) is 4.33. The van der Waals surface area contributed by atoms with E-state index in [9.17, 15) is 9.90 Å². The van der Waals surface area contributed by atoms with E-state index >= 15 is 0 Å². The number of nitrogens with one attached hydrogen (secondary N) is 1. The molecule has 1 atom stereocenters. The van der Waals surface area contributed by atoms with E-state index < -0.39 is 0 Å². The van der Waals surface area contributed by atoms with E-state index in [0.29, 0.717) is 18.1 Å². The van der Waals surface area contributed by atoms with Crippen molar-refractivity contribution in [1.29, 1.82) is 0 Å². The first-order chi connectivity index (χ1) is 11.6. The number of benzene rings is 1. The molecule has 1 fully saturated rings. The number of hydrogen-bond acceptors (Lipinski definition) is 6. The van der Waals surface area contributed by atoms with Crippen LogP contribution >= 0.6 is 11.3 Å². The molecule has 24 heavy (non-hydrogen) atoms. The quantitative estimate of drug-likeness (QED) is 0.869. The molecule has 0 spiro atoms. The molecule has 1 aromatic carbocycles. The molecule has 1 saturated heterocycles. The molecule has 1 amide bonds. The minimum atomic E-state index is -0.263. The van der Waals surface area contributed by atoms with Crippen LogP contribution in [0.4, 0.5) is 5.69 Å². The van der Waals surface area contributed by atoms with Gasteiger partial charge in [-0.05, 0) is 43.5 Å². The van der Waals surface area contributed by atoms with Crippen LogP contribution in [0, 0.1) is 0 Å². The van der Waals surface area contributed by atoms with E-state index in [0.717, 1.165) is 36.5 Å². The third kappa shape index (κ3) is 4.37.